The molecule has 7 nitrogen and oxygen atoms in total. The zero-order valence-electron chi connectivity index (χ0n) is 10.6. The highest BCUT2D eigenvalue weighted by Gasteiger charge is 2.21. The molecule has 100 valence electrons. The molecule has 2 saturated heterocycles. The molecule has 2 aliphatic rings. The van der Waals surface area contributed by atoms with Crippen LogP contribution in [0, 0.1) is 0 Å². The number of rotatable bonds is 3. The lowest BCUT2D eigenvalue weighted by Crippen LogP contribution is -2.37. The van der Waals surface area contributed by atoms with Crippen LogP contribution in [0.3, 0.4) is 0 Å². The zero-order chi connectivity index (χ0) is 12.2. The molecule has 0 bridgehead atoms. The third-order valence-corrected chi connectivity index (χ3v) is 3.68. The fourth-order valence-corrected chi connectivity index (χ4v) is 2.61. The maximum absolute atomic E-state index is 5.36. The van der Waals surface area contributed by atoms with Crippen molar-refractivity contribution < 1.29 is 4.74 Å². The Morgan fingerprint density at radius 2 is 2.00 bits per heavy atom. The van der Waals surface area contributed by atoms with E-state index in [2.05, 4.69) is 25.7 Å². The summed E-state index contributed by atoms with van der Waals surface area (Å²) >= 11 is 0. The molecule has 0 aromatic carbocycles. The molecule has 1 aromatic rings. The van der Waals surface area contributed by atoms with Crippen molar-refractivity contribution in [2.45, 2.75) is 25.4 Å². The molecule has 0 spiro atoms. The average molecular weight is 252 g/mol. The third-order valence-electron chi connectivity index (χ3n) is 3.68. The van der Waals surface area contributed by atoms with Gasteiger partial charge in [0, 0.05) is 13.1 Å². The number of hydrogen-bond donors (Lipinski definition) is 1. The Labute approximate surface area is 106 Å². The summed E-state index contributed by atoms with van der Waals surface area (Å²) in [7, 11) is 0. The van der Waals surface area contributed by atoms with Gasteiger partial charge in [0.25, 0.3) is 0 Å². The second kappa shape index (κ2) is 5.73. The van der Waals surface area contributed by atoms with Gasteiger partial charge in [-0.25, -0.2) is 4.68 Å². The van der Waals surface area contributed by atoms with Crippen molar-refractivity contribution in [2.75, 3.05) is 39.4 Å². The lowest BCUT2D eigenvalue weighted by Gasteiger charge is -2.27. The Morgan fingerprint density at radius 3 is 2.78 bits per heavy atom. The van der Waals surface area contributed by atoms with Crippen molar-refractivity contribution in [3.63, 3.8) is 0 Å². The van der Waals surface area contributed by atoms with Crippen molar-refractivity contribution in [2.24, 2.45) is 0 Å². The number of piperidine rings is 1. The molecule has 0 aliphatic carbocycles. The Bertz CT molecular complexity index is 369. The molecule has 7 heteroatoms. The van der Waals surface area contributed by atoms with Crippen molar-refractivity contribution in [1.82, 2.24) is 30.4 Å². The Hall–Kier alpha value is -1.05. The Morgan fingerprint density at radius 1 is 1.22 bits per heavy atom. The van der Waals surface area contributed by atoms with Gasteiger partial charge >= 0.3 is 0 Å². The fraction of sp³-hybridized carbons (Fsp3) is 0.909. The quantitative estimate of drug-likeness (QED) is 0.777. The van der Waals surface area contributed by atoms with E-state index in [4.69, 9.17) is 4.74 Å². The molecule has 3 heterocycles. The van der Waals surface area contributed by atoms with E-state index < -0.39 is 0 Å². The minimum Gasteiger partial charge on any atom is -0.379 e. The van der Waals surface area contributed by atoms with Crippen LogP contribution in [0.25, 0.3) is 0 Å². The molecule has 0 amide bonds. The summed E-state index contributed by atoms with van der Waals surface area (Å²) < 4.78 is 7.38. The first-order chi connectivity index (χ1) is 8.93. The van der Waals surface area contributed by atoms with Crippen LogP contribution < -0.4 is 5.32 Å². The largest absolute Gasteiger partial charge is 0.379 e. The number of morpholine rings is 1. The molecule has 1 aromatic heterocycles. The van der Waals surface area contributed by atoms with E-state index in [-0.39, 0.29) is 0 Å². The summed E-state index contributed by atoms with van der Waals surface area (Å²) in [6.45, 7) is 6.52. The molecule has 3 rings (SSSR count). The van der Waals surface area contributed by atoms with Crippen LogP contribution in [0.15, 0.2) is 0 Å². The maximum Gasteiger partial charge on any atom is 0.165 e. The van der Waals surface area contributed by atoms with Crippen molar-refractivity contribution >= 4 is 0 Å². The summed E-state index contributed by atoms with van der Waals surface area (Å²) in [5.41, 5.74) is 0. The van der Waals surface area contributed by atoms with E-state index in [1.807, 2.05) is 4.68 Å². The van der Waals surface area contributed by atoms with E-state index in [1.165, 1.54) is 0 Å². The minimum absolute atomic E-state index is 0.456. The van der Waals surface area contributed by atoms with Crippen LogP contribution in [0.2, 0.25) is 0 Å². The van der Waals surface area contributed by atoms with Crippen LogP contribution in [0.4, 0.5) is 0 Å². The predicted octanol–water partition coefficient (Wildman–Crippen LogP) is -0.570. The first kappa shape index (κ1) is 12.0. The standard InChI is InChI=1S/C11H20N6O/c1-3-12-4-2-10(1)17-11(13-14-15-17)9-16-5-7-18-8-6-16/h10,12H,1-9H2. The average Bonchev–Trinajstić information content (AvgIpc) is 2.89. The molecule has 0 saturated carbocycles. The van der Waals surface area contributed by atoms with Gasteiger partial charge in [0.15, 0.2) is 5.82 Å². The first-order valence-corrected chi connectivity index (χ1v) is 6.71. The Balaban J connectivity index is 1.66. The van der Waals surface area contributed by atoms with Crippen LogP contribution in [-0.2, 0) is 11.3 Å². The van der Waals surface area contributed by atoms with Gasteiger partial charge in [-0.2, -0.15) is 0 Å². The van der Waals surface area contributed by atoms with E-state index in [0.717, 1.165) is 64.6 Å². The maximum atomic E-state index is 5.36. The summed E-state index contributed by atoms with van der Waals surface area (Å²) in [6, 6.07) is 0.456. The van der Waals surface area contributed by atoms with Gasteiger partial charge in [-0.3, -0.25) is 4.90 Å². The van der Waals surface area contributed by atoms with Gasteiger partial charge in [-0.05, 0) is 36.4 Å². The van der Waals surface area contributed by atoms with Gasteiger partial charge in [0.2, 0.25) is 0 Å². The van der Waals surface area contributed by atoms with Gasteiger partial charge < -0.3 is 10.1 Å². The third kappa shape index (κ3) is 2.68. The van der Waals surface area contributed by atoms with E-state index >= 15 is 0 Å². The lowest BCUT2D eigenvalue weighted by atomic mass is 10.1. The number of ether oxygens (including phenoxy) is 1. The molecular weight excluding hydrogens is 232 g/mol. The topological polar surface area (TPSA) is 68.1 Å². The molecule has 18 heavy (non-hydrogen) atoms. The molecule has 0 unspecified atom stereocenters. The van der Waals surface area contributed by atoms with Crippen molar-refractivity contribution in [1.29, 1.82) is 0 Å². The Kier molecular flexibility index (Phi) is 3.82. The molecule has 0 atom stereocenters. The predicted molar refractivity (Wildman–Crippen MR) is 65.1 cm³/mol. The highest BCUT2D eigenvalue weighted by molar-refractivity contribution is 4.87. The van der Waals surface area contributed by atoms with E-state index in [9.17, 15) is 0 Å². The van der Waals surface area contributed by atoms with Gasteiger partial charge in [-0.15, -0.1) is 5.10 Å². The lowest BCUT2D eigenvalue weighted by molar-refractivity contribution is 0.0320. The summed E-state index contributed by atoms with van der Waals surface area (Å²) in [4.78, 5) is 2.35. The SMILES string of the molecule is C1CC(n2nnnc2CN2CCOCC2)CCN1. The number of tetrazole rings is 1. The molecular formula is C11H20N6O. The summed E-state index contributed by atoms with van der Waals surface area (Å²) in [5.74, 6) is 0.990. The number of hydrogen-bond acceptors (Lipinski definition) is 6. The van der Waals surface area contributed by atoms with E-state index in [1.54, 1.807) is 0 Å². The van der Waals surface area contributed by atoms with Crippen molar-refractivity contribution in [3.8, 4) is 0 Å². The molecule has 2 aliphatic heterocycles. The number of nitrogens with zero attached hydrogens (tertiary/aromatic N) is 5. The highest BCUT2D eigenvalue weighted by atomic mass is 16.5. The van der Waals surface area contributed by atoms with Crippen molar-refractivity contribution in [3.05, 3.63) is 5.82 Å². The first-order valence-electron chi connectivity index (χ1n) is 6.71. The van der Waals surface area contributed by atoms with Crippen LogP contribution in [0.1, 0.15) is 24.7 Å². The van der Waals surface area contributed by atoms with Gasteiger partial charge in [0.1, 0.15) is 0 Å². The monoisotopic (exact) mass is 252 g/mol. The van der Waals surface area contributed by atoms with E-state index in [0.29, 0.717) is 6.04 Å². The molecule has 2 fully saturated rings. The number of aromatic nitrogens is 4. The van der Waals surface area contributed by atoms with Gasteiger partial charge in [-0.1, -0.05) is 0 Å². The number of nitrogens with one attached hydrogen (secondary N) is 1. The van der Waals surface area contributed by atoms with Gasteiger partial charge in [0.05, 0.1) is 25.8 Å². The smallest absolute Gasteiger partial charge is 0.165 e. The fourth-order valence-electron chi connectivity index (χ4n) is 2.61. The summed E-state index contributed by atoms with van der Waals surface area (Å²) in [6.07, 6.45) is 2.22. The highest BCUT2D eigenvalue weighted by Crippen LogP contribution is 2.18. The normalized spacial score (nSPS) is 23.3. The summed E-state index contributed by atoms with van der Waals surface area (Å²) in [5, 5.41) is 15.6. The minimum atomic E-state index is 0.456. The van der Waals surface area contributed by atoms with Crippen LogP contribution in [0.5, 0.6) is 0 Å². The molecule has 1 N–H and O–H groups in total. The molecule has 0 radical (unpaired) electrons. The van der Waals surface area contributed by atoms with Crippen LogP contribution in [-0.4, -0.2) is 64.5 Å². The second-order valence-corrected chi connectivity index (χ2v) is 4.91. The zero-order valence-corrected chi connectivity index (χ0v) is 10.6. The van der Waals surface area contributed by atoms with Crippen LogP contribution >= 0.6 is 0 Å². The second-order valence-electron chi connectivity index (χ2n) is 4.91.